The fourth-order valence-electron chi connectivity index (χ4n) is 3.17. The summed E-state index contributed by atoms with van der Waals surface area (Å²) in [6, 6.07) is 11.3. The average molecular weight is 408 g/mol. The molecule has 2 heterocycles. The van der Waals surface area contributed by atoms with E-state index in [1.54, 1.807) is 16.2 Å². The smallest absolute Gasteiger partial charge is 0.236 e. The lowest BCUT2D eigenvalue weighted by Crippen LogP contribution is -2.52. The van der Waals surface area contributed by atoms with E-state index in [1.807, 2.05) is 47.7 Å². The second-order valence-electron chi connectivity index (χ2n) is 6.83. The van der Waals surface area contributed by atoms with Gasteiger partial charge in [-0.1, -0.05) is 30.3 Å². The molecule has 0 saturated carbocycles. The van der Waals surface area contributed by atoms with Gasteiger partial charge in [0.15, 0.2) is 0 Å². The van der Waals surface area contributed by atoms with Gasteiger partial charge in [0.25, 0.3) is 0 Å². The molecule has 0 spiro atoms. The highest BCUT2D eigenvalue weighted by atomic mass is 32.2. The van der Waals surface area contributed by atoms with Gasteiger partial charge in [-0.15, -0.1) is 0 Å². The van der Waals surface area contributed by atoms with Crippen molar-refractivity contribution in [3.8, 4) is 0 Å². The first-order valence-corrected chi connectivity index (χ1v) is 11.5. The first-order valence-electron chi connectivity index (χ1n) is 8.93. The van der Waals surface area contributed by atoms with Gasteiger partial charge in [0, 0.05) is 32.7 Å². The van der Waals surface area contributed by atoms with E-state index in [9.17, 15) is 13.2 Å². The molecule has 3 rings (SSSR count). The van der Waals surface area contributed by atoms with Crippen molar-refractivity contribution in [2.45, 2.75) is 12.3 Å². The van der Waals surface area contributed by atoms with Crippen LogP contribution < -0.4 is 0 Å². The lowest BCUT2D eigenvalue weighted by atomic mass is 10.2. The van der Waals surface area contributed by atoms with Gasteiger partial charge in [-0.05, 0) is 35.0 Å². The summed E-state index contributed by atoms with van der Waals surface area (Å²) in [7, 11) is -1.43. The van der Waals surface area contributed by atoms with Crippen LogP contribution in [0.15, 0.2) is 47.2 Å². The molecule has 27 heavy (non-hydrogen) atoms. The summed E-state index contributed by atoms with van der Waals surface area (Å²) < 4.78 is 26.7. The third-order valence-corrected chi connectivity index (χ3v) is 7.20. The highest BCUT2D eigenvalue weighted by molar-refractivity contribution is 7.88. The molecule has 1 aromatic carbocycles. The van der Waals surface area contributed by atoms with Gasteiger partial charge < -0.3 is 4.90 Å². The fraction of sp³-hybridized carbons (Fsp3) is 0.421. The maximum Gasteiger partial charge on any atom is 0.236 e. The van der Waals surface area contributed by atoms with Crippen molar-refractivity contribution in [2.24, 2.45) is 0 Å². The SMILES string of the molecule is CN(CC(=O)N1CCN(S(=O)(=O)Cc2ccccc2)CC1)Cc1ccsc1. The molecule has 6 nitrogen and oxygen atoms in total. The molecule has 0 atom stereocenters. The molecule has 0 unspecified atom stereocenters. The van der Waals surface area contributed by atoms with E-state index < -0.39 is 10.0 Å². The van der Waals surface area contributed by atoms with E-state index in [2.05, 4.69) is 11.4 Å². The topological polar surface area (TPSA) is 60.9 Å². The second-order valence-corrected chi connectivity index (χ2v) is 9.57. The number of sulfonamides is 1. The number of benzene rings is 1. The van der Waals surface area contributed by atoms with Crippen molar-refractivity contribution in [3.05, 3.63) is 58.3 Å². The minimum absolute atomic E-state index is 0.00512. The summed E-state index contributed by atoms with van der Waals surface area (Å²) in [4.78, 5) is 16.3. The van der Waals surface area contributed by atoms with Crippen molar-refractivity contribution in [1.82, 2.24) is 14.1 Å². The third kappa shape index (κ3) is 5.62. The zero-order valence-corrected chi connectivity index (χ0v) is 17.1. The Morgan fingerprint density at radius 2 is 1.78 bits per heavy atom. The number of likely N-dealkylation sites (N-methyl/N-ethyl adjacent to an activating group) is 1. The Morgan fingerprint density at radius 3 is 2.41 bits per heavy atom. The van der Waals surface area contributed by atoms with Crippen molar-refractivity contribution in [3.63, 3.8) is 0 Å². The highest BCUT2D eigenvalue weighted by Crippen LogP contribution is 2.14. The zero-order chi connectivity index (χ0) is 19.3. The molecule has 0 aliphatic carbocycles. The second kappa shape index (κ2) is 8.97. The van der Waals surface area contributed by atoms with Gasteiger partial charge in [-0.3, -0.25) is 9.69 Å². The minimum Gasteiger partial charge on any atom is -0.339 e. The van der Waals surface area contributed by atoms with E-state index in [1.165, 1.54) is 9.87 Å². The number of carbonyl (C=O) groups is 1. The number of piperazine rings is 1. The van der Waals surface area contributed by atoms with E-state index in [4.69, 9.17) is 0 Å². The van der Waals surface area contributed by atoms with Crippen molar-refractivity contribution in [1.29, 1.82) is 0 Å². The standard InChI is InChI=1S/C19H25N3O3S2/c1-20(13-18-7-12-26-15-18)14-19(23)21-8-10-22(11-9-21)27(24,25)16-17-5-3-2-4-6-17/h2-7,12,15H,8-11,13-14,16H2,1H3. The highest BCUT2D eigenvalue weighted by Gasteiger charge is 2.29. The van der Waals surface area contributed by atoms with Crippen LogP contribution in [0.4, 0.5) is 0 Å². The molecule has 8 heteroatoms. The minimum atomic E-state index is -3.36. The summed E-state index contributed by atoms with van der Waals surface area (Å²) in [6.07, 6.45) is 0. The molecule has 1 amide bonds. The molecule has 2 aromatic rings. The summed E-state index contributed by atoms with van der Waals surface area (Å²) in [6.45, 7) is 2.68. The van der Waals surface area contributed by atoms with Crippen LogP contribution in [0.2, 0.25) is 0 Å². The van der Waals surface area contributed by atoms with Crippen LogP contribution in [-0.2, 0) is 27.1 Å². The van der Waals surface area contributed by atoms with E-state index in [-0.39, 0.29) is 11.7 Å². The Hall–Kier alpha value is -1.74. The monoisotopic (exact) mass is 407 g/mol. The lowest BCUT2D eigenvalue weighted by molar-refractivity contribution is -0.133. The molecule has 0 radical (unpaired) electrons. The van der Waals surface area contributed by atoms with Crippen LogP contribution in [0, 0.1) is 0 Å². The summed E-state index contributed by atoms with van der Waals surface area (Å²) in [5, 5.41) is 4.11. The van der Waals surface area contributed by atoms with Gasteiger partial charge in [-0.2, -0.15) is 15.6 Å². The number of thiophene rings is 1. The molecule has 0 bridgehead atoms. The van der Waals surface area contributed by atoms with E-state index in [0.717, 1.165) is 12.1 Å². The van der Waals surface area contributed by atoms with E-state index >= 15 is 0 Å². The summed E-state index contributed by atoms with van der Waals surface area (Å²) in [5.41, 5.74) is 1.98. The van der Waals surface area contributed by atoms with Gasteiger partial charge in [0.1, 0.15) is 0 Å². The lowest BCUT2D eigenvalue weighted by Gasteiger charge is -2.34. The predicted molar refractivity (Wildman–Crippen MR) is 108 cm³/mol. The van der Waals surface area contributed by atoms with Gasteiger partial charge in [-0.25, -0.2) is 8.42 Å². The third-order valence-electron chi connectivity index (χ3n) is 4.61. The Bertz CT molecular complexity index is 830. The predicted octanol–water partition coefficient (Wildman–Crippen LogP) is 1.85. The van der Waals surface area contributed by atoms with Crippen LogP contribution >= 0.6 is 11.3 Å². The Labute approximate surface area is 165 Å². The number of carbonyl (C=O) groups excluding carboxylic acids is 1. The summed E-state index contributed by atoms with van der Waals surface area (Å²) >= 11 is 1.65. The van der Waals surface area contributed by atoms with Crippen molar-refractivity contribution < 1.29 is 13.2 Å². The van der Waals surface area contributed by atoms with Crippen LogP contribution in [0.5, 0.6) is 0 Å². The Morgan fingerprint density at radius 1 is 1.07 bits per heavy atom. The molecule has 1 aliphatic rings. The summed E-state index contributed by atoms with van der Waals surface area (Å²) in [5.74, 6) is 0.0540. The number of amides is 1. The molecule has 1 aliphatic heterocycles. The van der Waals surface area contributed by atoms with Crippen LogP contribution in [0.25, 0.3) is 0 Å². The molecule has 0 N–H and O–H groups in total. The van der Waals surface area contributed by atoms with Gasteiger partial charge in [0.2, 0.25) is 15.9 Å². The molecular weight excluding hydrogens is 382 g/mol. The number of rotatable bonds is 7. The largest absolute Gasteiger partial charge is 0.339 e. The normalized spacial score (nSPS) is 16.0. The average Bonchev–Trinajstić information content (AvgIpc) is 3.15. The number of hydrogen-bond donors (Lipinski definition) is 0. The van der Waals surface area contributed by atoms with Gasteiger partial charge >= 0.3 is 0 Å². The number of hydrogen-bond acceptors (Lipinski definition) is 5. The molecule has 146 valence electrons. The number of nitrogens with zero attached hydrogens (tertiary/aromatic N) is 3. The first-order chi connectivity index (χ1) is 12.9. The Kier molecular flexibility index (Phi) is 6.64. The van der Waals surface area contributed by atoms with Crippen molar-refractivity contribution >= 4 is 27.3 Å². The maximum atomic E-state index is 12.6. The first kappa shape index (κ1) is 20.0. The fourth-order valence-corrected chi connectivity index (χ4v) is 5.35. The quantitative estimate of drug-likeness (QED) is 0.703. The Balaban J connectivity index is 1.48. The van der Waals surface area contributed by atoms with Gasteiger partial charge in [0.05, 0.1) is 12.3 Å². The van der Waals surface area contributed by atoms with Crippen LogP contribution in [0.3, 0.4) is 0 Å². The molecular formula is C19H25N3O3S2. The zero-order valence-electron chi connectivity index (χ0n) is 15.5. The molecule has 1 aromatic heterocycles. The van der Waals surface area contributed by atoms with Crippen LogP contribution in [0.1, 0.15) is 11.1 Å². The van der Waals surface area contributed by atoms with Crippen molar-refractivity contribution in [2.75, 3.05) is 39.8 Å². The molecule has 1 fully saturated rings. The maximum absolute atomic E-state index is 12.6. The van der Waals surface area contributed by atoms with E-state index in [0.29, 0.717) is 32.7 Å². The molecule has 1 saturated heterocycles. The van der Waals surface area contributed by atoms with Crippen LogP contribution in [-0.4, -0.2) is 68.2 Å².